The Morgan fingerprint density at radius 1 is 1.11 bits per heavy atom. The van der Waals surface area contributed by atoms with E-state index in [2.05, 4.69) is 43.5 Å². The minimum absolute atomic E-state index is 0.0568. The molecule has 1 atom stereocenters. The van der Waals surface area contributed by atoms with Gasteiger partial charge in [0.1, 0.15) is 11.6 Å². The van der Waals surface area contributed by atoms with Crippen molar-refractivity contribution in [1.29, 1.82) is 0 Å². The zero-order valence-electron chi connectivity index (χ0n) is 20.3. The number of carbonyl (C=O) groups is 2. The molecule has 10 nitrogen and oxygen atoms in total. The minimum Gasteiger partial charge on any atom is -0.368 e. The number of hydrogen-bond donors (Lipinski definition) is 2. The molecule has 0 unspecified atom stereocenters. The first kappa shape index (κ1) is 23.5. The number of nitrogens with zero attached hydrogens (tertiary/aromatic N) is 6. The fraction of sp³-hybridized carbons (Fsp3) is 0.560. The van der Waals surface area contributed by atoms with Crippen LogP contribution in [0.5, 0.6) is 0 Å². The van der Waals surface area contributed by atoms with E-state index in [1.54, 1.807) is 11.1 Å². The van der Waals surface area contributed by atoms with Crippen molar-refractivity contribution < 1.29 is 9.59 Å². The van der Waals surface area contributed by atoms with Crippen molar-refractivity contribution in [3.8, 4) is 0 Å². The predicted octanol–water partition coefficient (Wildman–Crippen LogP) is 1.95. The first-order valence-electron chi connectivity index (χ1n) is 12.6. The van der Waals surface area contributed by atoms with Crippen molar-refractivity contribution >= 4 is 35.6 Å². The lowest BCUT2D eigenvalue weighted by molar-refractivity contribution is -0.122. The molecule has 0 aromatic carbocycles. The summed E-state index contributed by atoms with van der Waals surface area (Å²) >= 11 is 0. The molecule has 1 saturated carbocycles. The maximum atomic E-state index is 12.2. The fourth-order valence-electron chi connectivity index (χ4n) is 5.25. The van der Waals surface area contributed by atoms with Gasteiger partial charge in [0.2, 0.25) is 18.3 Å². The largest absolute Gasteiger partial charge is 0.368 e. The Labute approximate surface area is 206 Å². The second-order valence-corrected chi connectivity index (χ2v) is 9.79. The van der Waals surface area contributed by atoms with Crippen LogP contribution < -0.4 is 20.4 Å². The molecule has 0 spiro atoms. The molecular weight excluding hydrogens is 444 g/mol. The number of likely N-dealkylation sites (N-methyl/N-ethyl adjacent to an activating group) is 1. The summed E-state index contributed by atoms with van der Waals surface area (Å²) in [4.78, 5) is 44.6. The zero-order chi connectivity index (χ0) is 24.2. The van der Waals surface area contributed by atoms with E-state index in [4.69, 9.17) is 4.98 Å². The first-order valence-corrected chi connectivity index (χ1v) is 12.6. The number of piperazine rings is 1. The highest BCUT2D eigenvalue weighted by Gasteiger charge is 2.30. The van der Waals surface area contributed by atoms with Gasteiger partial charge in [-0.15, -0.1) is 0 Å². The molecule has 0 radical (unpaired) electrons. The Bertz CT molecular complexity index is 1030. The lowest BCUT2D eigenvalue weighted by atomic mass is 9.99. The highest BCUT2D eigenvalue weighted by Crippen LogP contribution is 2.31. The molecule has 2 N–H and O–H groups in total. The van der Waals surface area contributed by atoms with E-state index in [0.29, 0.717) is 30.5 Å². The van der Waals surface area contributed by atoms with E-state index in [0.717, 1.165) is 75.9 Å². The first-order chi connectivity index (χ1) is 17.1. The van der Waals surface area contributed by atoms with Gasteiger partial charge in [-0.05, 0) is 44.9 Å². The van der Waals surface area contributed by atoms with E-state index < -0.39 is 0 Å². The Morgan fingerprint density at radius 3 is 2.57 bits per heavy atom. The maximum Gasteiger partial charge on any atom is 0.230 e. The molecule has 5 rings (SSSR count). The van der Waals surface area contributed by atoms with Gasteiger partial charge in [-0.25, -0.2) is 9.97 Å². The van der Waals surface area contributed by atoms with Crippen LogP contribution in [0.15, 0.2) is 24.5 Å². The van der Waals surface area contributed by atoms with Crippen LogP contribution in [0.4, 0.5) is 23.3 Å². The molecule has 186 valence electrons. The maximum absolute atomic E-state index is 12.2. The van der Waals surface area contributed by atoms with Gasteiger partial charge in [0.05, 0.1) is 11.9 Å². The monoisotopic (exact) mass is 478 g/mol. The van der Waals surface area contributed by atoms with Crippen molar-refractivity contribution in [3.63, 3.8) is 0 Å². The van der Waals surface area contributed by atoms with Crippen LogP contribution in [-0.4, -0.2) is 78.0 Å². The third-order valence-corrected chi connectivity index (χ3v) is 7.40. The van der Waals surface area contributed by atoms with Crippen molar-refractivity contribution in [2.75, 3.05) is 54.9 Å². The summed E-state index contributed by atoms with van der Waals surface area (Å²) in [6, 6.07) is 4.12. The Hall–Kier alpha value is -3.27. The van der Waals surface area contributed by atoms with Gasteiger partial charge in [-0.1, -0.05) is 12.8 Å². The fourth-order valence-corrected chi connectivity index (χ4v) is 5.25. The SMILES string of the molecule is CN1CCN(c2ccc(Nc3ncc(C[C@@H]4CCNC4=O)c(N(C=O)C4CCCC4)n3)nc2)CC1. The molecule has 10 heteroatoms. The summed E-state index contributed by atoms with van der Waals surface area (Å²) in [6.45, 7) is 4.75. The van der Waals surface area contributed by atoms with Crippen LogP contribution in [-0.2, 0) is 16.0 Å². The van der Waals surface area contributed by atoms with Gasteiger partial charge in [0.15, 0.2) is 0 Å². The number of anilines is 4. The molecule has 35 heavy (non-hydrogen) atoms. The van der Waals surface area contributed by atoms with Gasteiger partial charge >= 0.3 is 0 Å². The number of nitrogens with one attached hydrogen (secondary N) is 2. The topological polar surface area (TPSA) is 107 Å². The van der Waals surface area contributed by atoms with Gasteiger partial charge < -0.3 is 20.4 Å². The average Bonchev–Trinajstić information content (AvgIpc) is 3.55. The van der Waals surface area contributed by atoms with E-state index >= 15 is 0 Å². The smallest absolute Gasteiger partial charge is 0.230 e. The molecule has 0 bridgehead atoms. The van der Waals surface area contributed by atoms with Gasteiger partial charge in [-0.2, -0.15) is 4.98 Å². The molecule has 3 aliphatic rings. The molecule has 2 saturated heterocycles. The van der Waals surface area contributed by atoms with Crippen molar-refractivity contribution in [2.45, 2.75) is 44.6 Å². The summed E-state index contributed by atoms with van der Waals surface area (Å²) in [5.74, 6) is 1.58. The minimum atomic E-state index is -0.114. The van der Waals surface area contributed by atoms with E-state index in [1.807, 2.05) is 12.3 Å². The molecule has 2 amide bonds. The normalized spacial score (nSPS) is 21.2. The number of aromatic nitrogens is 3. The number of pyridine rings is 1. The third-order valence-electron chi connectivity index (χ3n) is 7.40. The summed E-state index contributed by atoms with van der Waals surface area (Å²) in [6.07, 6.45) is 9.95. The number of hydrogen-bond acceptors (Lipinski definition) is 8. The number of amides is 2. The molecule has 2 aromatic rings. The van der Waals surface area contributed by atoms with Crippen LogP contribution in [0.3, 0.4) is 0 Å². The zero-order valence-corrected chi connectivity index (χ0v) is 20.3. The van der Waals surface area contributed by atoms with Crippen LogP contribution in [0, 0.1) is 5.92 Å². The second-order valence-electron chi connectivity index (χ2n) is 9.79. The predicted molar refractivity (Wildman–Crippen MR) is 135 cm³/mol. The van der Waals surface area contributed by atoms with Gasteiger partial charge in [-0.3, -0.25) is 14.5 Å². The molecular formula is C25H34N8O2. The van der Waals surface area contributed by atoms with Crippen molar-refractivity contribution in [2.24, 2.45) is 5.92 Å². The molecule has 1 aliphatic carbocycles. The van der Waals surface area contributed by atoms with Gasteiger partial charge in [0, 0.05) is 56.4 Å². The van der Waals surface area contributed by atoms with Crippen LogP contribution in [0.1, 0.15) is 37.7 Å². The molecule has 4 heterocycles. The Balaban J connectivity index is 1.36. The van der Waals surface area contributed by atoms with Gasteiger partial charge in [0.25, 0.3) is 0 Å². The quantitative estimate of drug-likeness (QED) is 0.555. The Morgan fingerprint density at radius 2 is 1.91 bits per heavy atom. The summed E-state index contributed by atoms with van der Waals surface area (Å²) in [5, 5.41) is 6.09. The number of carbonyl (C=O) groups excluding carboxylic acids is 2. The average molecular weight is 479 g/mol. The molecule has 2 aromatic heterocycles. The van der Waals surface area contributed by atoms with E-state index in [-0.39, 0.29) is 17.9 Å². The lowest BCUT2D eigenvalue weighted by Crippen LogP contribution is -2.44. The summed E-state index contributed by atoms with van der Waals surface area (Å²) < 4.78 is 0. The van der Waals surface area contributed by atoms with Crippen LogP contribution in [0.2, 0.25) is 0 Å². The third kappa shape index (κ3) is 5.37. The highest BCUT2D eigenvalue weighted by molar-refractivity contribution is 5.82. The van der Waals surface area contributed by atoms with E-state index in [1.165, 1.54) is 0 Å². The number of rotatable bonds is 8. The molecule has 3 fully saturated rings. The highest BCUT2D eigenvalue weighted by atomic mass is 16.2. The lowest BCUT2D eigenvalue weighted by Gasteiger charge is -2.33. The second kappa shape index (κ2) is 10.6. The Kier molecular flexibility index (Phi) is 7.08. The van der Waals surface area contributed by atoms with Crippen LogP contribution in [0.25, 0.3) is 0 Å². The standard InChI is InChI=1S/C25H34N8O2/c1-31-10-12-32(13-11-31)21-6-7-22(27-16-21)29-25-28-15-19(14-18-8-9-26-24(18)35)23(30-25)33(17-34)20-4-2-3-5-20/h6-7,15-18,20H,2-5,8-14H2,1H3,(H,26,35)(H,27,28,29,30)/t18-/m0/s1. The van der Waals surface area contributed by atoms with Crippen molar-refractivity contribution in [3.05, 3.63) is 30.1 Å². The molecule has 2 aliphatic heterocycles. The van der Waals surface area contributed by atoms with Crippen molar-refractivity contribution in [1.82, 2.24) is 25.2 Å². The van der Waals surface area contributed by atoms with E-state index in [9.17, 15) is 9.59 Å². The van der Waals surface area contributed by atoms with Crippen LogP contribution >= 0.6 is 0 Å². The summed E-state index contributed by atoms with van der Waals surface area (Å²) in [7, 11) is 2.14. The summed E-state index contributed by atoms with van der Waals surface area (Å²) in [5.41, 5.74) is 1.93.